The first kappa shape index (κ1) is 15.5. The molecule has 3 heteroatoms. The van der Waals surface area contributed by atoms with Gasteiger partial charge in [0.15, 0.2) is 0 Å². The fourth-order valence-electron chi connectivity index (χ4n) is 2.56. The van der Waals surface area contributed by atoms with Crippen molar-refractivity contribution >= 4 is 0 Å². The van der Waals surface area contributed by atoms with Crippen LogP contribution in [0.3, 0.4) is 0 Å². The molecule has 2 aromatic carbocycles. The third-order valence-electron chi connectivity index (χ3n) is 3.60. The van der Waals surface area contributed by atoms with Gasteiger partial charge in [-0.15, -0.1) is 0 Å². The number of phenols is 1. The topological polar surface area (TPSA) is 32.3 Å². The Morgan fingerprint density at radius 1 is 1.19 bits per heavy atom. The highest BCUT2D eigenvalue weighted by Gasteiger charge is 2.14. The lowest BCUT2D eigenvalue weighted by Gasteiger charge is -2.21. The van der Waals surface area contributed by atoms with E-state index in [9.17, 15) is 9.50 Å². The van der Waals surface area contributed by atoms with E-state index in [-0.39, 0.29) is 17.6 Å². The van der Waals surface area contributed by atoms with Crippen molar-refractivity contribution in [1.29, 1.82) is 0 Å². The van der Waals surface area contributed by atoms with Crippen LogP contribution in [-0.2, 0) is 6.42 Å². The summed E-state index contributed by atoms with van der Waals surface area (Å²) in [5.41, 5.74) is 3.12. The zero-order chi connectivity index (χ0) is 15.2. The van der Waals surface area contributed by atoms with E-state index in [0.29, 0.717) is 0 Å². The molecule has 1 atom stereocenters. The monoisotopic (exact) mass is 287 g/mol. The summed E-state index contributed by atoms with van der Waals surface area (Å²) in [6, 6.07) is 12.3. The number of hydrogen-bond donors (Lipinski definition) is 2. The Hall–Kier alpha value is -1.87. The summed E-state index contributed by atoms with van der Waals surface area (Å²) in [6.07, 6.45) is 1.80. The molecule has 0 aliphatic carbocycles. The van der Waals surface area contributed by atoms with Crippen LogP contribution in [0.1, 0.15) is 36.1 Å². The predicted molar refractivity (Wildman–Crippen MR) is 84.0 cm³/mol. The smallest absolute Gasteiger partial charge is 0.123 e. The maximum atomic E-state index is 13.3. The summed E-state index contributed by atoms with van der Waals surface area (Å²) in [7, 11) is 0. The van der Waals surface area contributed by atoms with Crippen molar-refractivity contribution in [1.82, 2.24) is 5.32 Å². The van der Waals surface area contributed by atoms with E-state index in [0.717, 1.165) is 36.1 Å². The molecule has 0 amide bonds. The highest BCUT2D eigenvalue weighted by Crippen LogP contribution is 2.24. The normalized spacial score (nSPS) is 12.3. The Bertz CT molecular complexity index is 598. The van der Waals surface area contributed by atoms with Crippen molar-refractivity contribution in [2.75, 3.05) is 6.54 Å². The molecule has 0 spiro atoms. The summed E-state index contributed by atoms with van der Waals surface area (Å²) in [4.78, 5) is 0. The summed E-state index contributed by atoms with van der Waals surface area (Å²) in [6.45, 7) is 4.96. The van der Waals surface area contributed by atoms with E-state index >= 15 is 0 Å². The maximum absolute atomic E-state index is 13.3. The van der Waals surface area contributed by atoms with Crippen LogP contribution >= 0.6 is 0 Å². The van der Waals surface area contributed by atoms with E-state index in [1.807, 2.05) is 25.1 Å². The Morgan fingerprint density at radius 3 is 2.67 bits per heavy atom. The first-order valence-electron chi connectivity index (χ1n) is 7.37. The average Bonchev–Trinajstić information content (AvgIpc) is 2.44. The number of halogens is 1. The number of hydrogen-bond acceptors (Lipinski definition) is 2. The van der Waals surface area contributed by atoms with Gasteiger partial charge in [0, 0.05) is 6.04 Å². The van der Waals surface area contributed by atoms with E-state index in [1.54, 1.807) is 18.2 Å². The SMILES string of the molecule is CCCNC(Cc1cccc(O)c1)c1ccc(F)cc1C. The number of aromatic hydroxyl groups is 1. The minimum absolute atomic E-state index is 0.118. The molecule has 0 saturated carbocycles. The minimum atomic E-state index is -0.206. The highest BCUT2D eigenvalue weighted by molar-refractivity contribution is 5.33. The van der Waals surface area contributed by atoms with Crippen LogP contribution in [-0.4, -0.2) is 11.7 Å². The van der Waals surface area contributed by atoms with Crippen LogP contribution in [0.4, 0.5) is 4.39 Å². The molecule has 0 aromatic heterocycles. The van der Waals surface area contributed by atoms with Crippen molar-refractivity contribution in [2.24, 2.45) is 0 Å². The third kappa shape index (κ3) is 4.30. The Kier molecular flexibility index (Phi) is 5.34. The molecule has 21 heavy (non-hydrogen) atoms. The molecular formula is C18H22FNO. The second kappa shape index (κ2) is 7.23. The van der Waals surface area contributed by atoms with Gasteiger partial charge in [0.25, 0.3) is 0 Å². The molecule has 1 unspecified atom stereocenters. The molecule has 2 aromatic rings. The summed E-state index contributed by atoms with van der Waals surface area (Å²) >= 11 is 0. The van der Waals surface area contributed by atoms with Crippen molar-refractivity contribution < 1.29 is 9.50 Å². The van der Waals surface area contributed by atoms with Crippen molar-refractivity contribution in [3.63, 3.8) is 0 Å². The third-order valence-corrected chi connectivity index (χ3v) is 3.60. The van der Waals surface area contributed by atoms with E-state index in [4.69, 9.17) is 0 Å². The highest BCUT2D eigenvalue weighted by atomic mass is 19.1. The second-order valence-electron chi connectivity index (χ2n) is 5.38. The molecule has 0 aliphatic rings. The quantitative estimate of drug-likeness (QED) is 0.837. The maximum Gasteiger partial charge on any atom is 0.123 e. The summed E-state index contributed by atoms with van der Waals surface area (Å²) in [5.74, 6) is 0.0698. The van der Waals surface area contributed by atoms with Crippen LogP contribution in [0.2, 0.25) is 0 Å². The second-order valence-corrected chi connectivity index (χ2v) is 5.38. The fraction of sp³-hybridized carbons (Fsp3) is 0.333. The predicted octanol–water partition coefficient (Wildman–Crippen LogP) is 4.12. The number of benzene rings is 2. The van der Waals surface area contributed by atoms with E-state index in [1.165, 1.54) is 6.07 Å². The van der Waals surface area contributed by atoms with E-state index in [2.05, 4.69) is 12.2 Å². The average molecular weight is 287 g/mol. The lowest BCUT2D eigenvalue weighted by atomic mass is 9.95. The van der Waals surface area contributed by atoms with Gasteiger partial charge in [0.05, 0.1) is 0 Å². The molecule has 0 heterocycles. The van der Waals surface area contributed by atoms with Gasteiger partial charge >= 0.3 is 0 Å². The minimum Gasteiger partial charge on any atom is -0.508 e. The number of aryl methyl sites for hydroxylation is 1. The molecule has 2 N–H and O–H groups in total. The van der Waals surface area contributed by atoms with Gasteiger partial charge in [-0.25, -0.2) is 4.39 Å². The van der Waals surface area contributed by atoms with Gasteiger partial charge in [-0.3, -0.25) is 0 Å². The lowest BCUT2D eigenvalue weighted by Crippen LogP contribution is -2.24. The van der Waals surface area contributed by atoms with Crippen molar-refractivity contribution in [3.8, 4) is 5.75 Å². The van der Waals surface area contributed by atoms with Crippen molar-refractivity contribution in [2.45, 2.75) is 32.7 Å². The standard InChI is InChI=1S/C18H22FNO/c1-3-9-20-18(12-14-5-4-6-16(21)11-14)17-8-7-15(19)10-13(17)2/h4-8,10-11,18,20-21H,3,9,12H2,1-2H3. The van der Waals surface area contributed by atoms with Gasteiger partial charge < -0.3 is 10.4 Å². The van der Waals surface area contributed by atoms with Gasteiger partial charge in [-0.05, 0) is 67.3 Å². The molecule has 2 nitrogen and oxygen atoms in total. The first-order chi connectivity index (χ1) is 10.1. The summed E-state index contributed by atoms with van der Waals surface area (Å²) in [5, 5.41) is 13.1. The summed E-state index contributed by atoms with van der Waals surface area (Å²) < 4.78 is 13.3. The van der Waals surface area contributed by atoms with Crippen LogP contribution in [0, 0.1) is 12.7 Å². The lowest BCUT2D eigenvalue weighted by molar-refractivity contribution is 0.472. The van der Waals surface area contributed by atoms with Crippen molar-refractivity contribution in [3.05, 3.63) is 65.0 Å². The zero-order valence-electron chi connectivity index (χ0n) is 12.6. The zero-order valence-corrected chi connectivity index (χ0v) is 12.6. The molecule has 0 fully saturated rings. The van der Waals surface area contributed by atoms with Crippen LogP contribution in [0.5, 0.6) is 5.75 Å². The van der Waals surface area contributed by atoms with Crippen LogP contribution < -0.4 is 5.32 Å². The molecule has 2 rings (SSSR count). The Morgan fingerprint density at radius 2 is 2.00 bits per heavy atom. The molecular weight excluding hydrogens is 265 g/mol. The molecule has 112 valence electrons. The fourth-order valence-corrected chi connectivity index (χ4v) is 2.56. The first-order valence-corrected chi connectivity index (χ1v) is 7.37. The number of nitrogens with one attached hydrogen (secondary N) is 1. The number of rotatable bonds is 6. The van der Waals surface area contributed by atoms with Crippen LogP contribution in [0.25, 0.3) is 0 Å². The molecule has 0 saturated heterocycles. The largest absolute Gasteiger partial charge is 0.508 e. The van der Waals surface area contributed by atoms with Gasteiger partial charge in [-0.2, -0.15) is 0 Å². The molecule has 0 bridgehead atoms. The number of phenolic OH excluding ortho intramolecular Hbond substituents is 1. The van der Waals surface area contributed by atoms with Crippen LogP contribution in [0.15, 0.2) is 42.5 Å². The van der Waals surface area contributed by atoms with Gasteiger partial charge in [-0.1, -0.05) is 25.1 Å². The Balaban J connectivity index is 2.25. The van der Waals surface area contributed by atoms with Gasteiger partial charge in [0.2, 0.25) is 0 Å². The molecule has 0 radical (unpaired) electrons. The van der Waals surface area contributed by atoms with Gasteiger partial charge in [0.1, 0.15) is 11.6 Å². The molecule has 0 aliphatic heterocycles. The van der Waals surface area contributed by atoms with E-state index < -0.39 is 0 Å². The Labute approximate surface area is 125 Å².